The Morgan fingerprint density at radius 1 is 1.10 bits per heavy atom. The average Bonchev–Trinajstić information content (AvgIpc) is 3.54. The molecule has 0 radical (unpaired) electrons. The number of halogens is 2. The van der Waals surface area contributed by atoms with Gasteiger partial charge in [0, 0.05) is 23.9 Å². The number of piperidine rings is 1. The van der Waals surface area contributed by atoms with Crippen molar-refractivity contribution in [3.05, 3.63) is 70.2 Å². The SMILES string of the molecule is CCN(C(=O)Cn1nc(-c2cccc(C#N)c2)c2oc(CN3CCCCC3)cc2c1=O)c1ccc2c(c1)OC(F)(F)O2. The Hall–Kier alpha value is -4.76. The number of furan rings is 1. The molecule has 4 heterocycles. The van der Waals surface area contributed by atoms with Crippen LogP contribution in [0.3, 0.4) is 0 Å². The molecule has 216 valence electrons. The first-order chi connectivity index (χ1) is 20.2. The Labute approximate surface area is 239 Å². The highest BCUT2D eigenvalue weighted by Crippen LogP contribution is 2.43. The molecule has 2 aliphatic heterocycles. The van der Waals surface area contributed by atoms with Crippen molar-refractivity contribution in [1.29, 1.82) is 5.26 Å². The molecule has 1 saturated heterocycles. The predicted molar refractivity (Wildman–Crippen MR) is 148 cm³/mol. The average molecular weight is 576 g/mol. The second-order valence-corrected chi connectivity index (χ2v) is 10.2. The van der Waals surface area contributed by atoms with Crippen LogP contribution in [0.2, 0.25) is 0 Å². The zero-order valence-corrected chi connectivity index (χ0v) is 22.8. The number of hydrogen-bond acceptors (Lipinski definition) is 8. The van der Waals surface area contributed by atoms with Gasteiger partial charge in [-0.05, 0) is 63.2 Å². The molecule has 2 aromatic heterocycles. The van der Waals surface area contributed by atoms with Crippen molar-refractivity contribution < 1.29 is 27.5 Å². The van der Waals surface area contributed by atoms with E-state index in [4.69, 9.17) is 4.42 Å². The second kappa shape index (κ2) is 10.9. The fraction of sp³-hybridized carbons (Fsp3) is 0.333. The summed E-state index contributed by atoms with van der Waals surface area (Å²) < 4.78 is 43.3. The summed E-state index contributed by atoms with van der Waals surface area (Å²) in [5.74, 6) is -0.217. The summed E-state index contributed by atoms with van der Waals surface area (Å²) in [5, 5.41) is 14.2. The van der Waals surface area contributed by atoms with Crippen LogP contribution in [-0.4, -0.2) is 46.5 Å². The van der Waals surface area contributed by atoms with E-state index in [-0.39, 0.29) is 29.0 Å². The molecule has 0 bridgehead atoms. The fourth-order valence-corrected chi connectivity index (χ4v) is 5.40. The van der Waals surface area contributed by atoms with Gasteiger partial charge in [-0.1, -0.05) is 18.6 Å². The summed E-state index contributed by atoms with van der Waals surface area (Å²) in [6, 6.07) is 14.6. The first-order valence-electron chi connectivity index (χ1n) is 13.7. The fourth-order valence-electron chi connectivity index (χ4n) is 5.40. The summed E-state index contributed by atoms with van der Waals surface area (Å²) >= 11 is 0. The molecule has 0 N–H and O–H groups in total. The number of nitriles is 1. The molecular weight excluding hydrogens is 548 g/mol. The van der Waals surface area contributed by atoms with E-state index in [1.165, 1.54) is 29.5 Å². The highest BCUT2D eigenvalue weighted by atomic mass is 19.3. The lowest BCUT2D eigenvalue weighted by molar-refractivity contribution is -0.286. The smallest absolute Gasteiger partial charge is 0.457 e. The number of likely N-dealkylation sites (N-methyl/N-ethyl adjacent to an activating group) is 1. The Morgan fingerprint density at radius 2 is 1.88 bits per heavy atom. The number of benzene rings is 2. The molecule has 0 spiro atoms. The van der Waals surface area contributed by atoms with Crippen LogP contribution < -0.4 is 19.9 Å². The number of anilines is 1. The first-order valence-corrected chi connectivity index (χ1v) is 13.7. The van der Waals surface area contributed by atoms with E-state index in [1.54, 1.807) is 37.3 Å². The maximum atomic E-state index is 13.6. The third-order valence-corrected chi connectivity index (χ3v) is 7.38. The molecule has 12 heteroatoms. The molecule has 0 saturated carbocycles. The third-order valence-electron chi connectivity index (χ3n) is 7.38. The summed E-state index contributed by atoms with van der Waals surface area (Å²) in [6.07, 6.45) is -0.400. The third kappa shape index (κ3) is 5.31. The number of likely N-dealkylation sites (tertiary alicyclic amines) is 1. The zero-order valence-electron chi connectivity index (χ0n) is 22.8. The number of nitrogens with zero attached hydrogens (tertiary/aromatic N) is 5. The lowest BCUT2D eigenvalue weighted by atomic mass is 10.1. The predicted octanol–water partition coefficient (Wildman–Crippen LogP) is 4.89. The first kappa shape index (κ1) is 27.4. The number of rotatable bonds is 7. The maximum Gasteiger partial charge on any atom is 0.586 e. The Bertz CT molecular complexity index is 1770. The number of ether oxygens (including phenoxy) is 2. The van der Waals surface area contributed by atoms with Gasteiger partial charge in [0.25, 0.3) is 5.56 Å². The molecule has 2 aromatic carbocycles. The lowest BCUT2D eigenvalue weighted by Crippen LogP contribution is -2.37. The van der Waals surface area contributed by atoms with Crippen molar-refractivity contribution in [2.24, 2.45) is 0 Å². The van der Waals surface area contributed by atoms with Crippen LogP contribution in [0.15, 0.2) is 57.7 Å². The summed E-state index contributed by atoms with van der Waals surface area (Å²) in [6.45, 7) is 3.90. The van der Waals surface area contributed by atoms with Gasteiger partial charge in [-0.2, -0.15) is 10.4 Å². The molecule has 0 atom stereocenters. The van der Waals surface area contributed by atoms with Crippen LogP contribution >= 0.6 is 0 Å². The van der Waals surface area contributed by atoms with E-state index >= 15 is 0 Å². The van der Waals surface area contributed by atoms with Gasteiger partial charge in [0.15, 0.2) is 17.1 Å². The lowest BCUT2D eigenvalue weighted by Gasteiger charge is -2.25. The van der Waals surface area contributed by atoms with Crippen LogP contribution in [0.5, 0.6) is 11.5 Å². The molecule has 0 aliphatic carbocycles. The van der Waals surface area contributed by atoms with Gasteiger partial charge in [-0.15, -0.1) is 8.78 Å². The van der Waals surface area contributed by atoms with Gasteiger partial charge in [-0.25, -0.2) is 4.68 Å². The van der Waals surface area contributed by atoms with Crippen molar-refractivity contribution in [3.8, 4) is 28.8 Å². The summed E-state index contributed by atoms with van der Waals surface area (Å²) in [4.78, 5) is 30.8. The van der Waals surface area contributed by atoms with E-state index in [9.17, 15) is 23.6 Å². The van der Waals surface area contributed by atoms with Crippen molar-refractivity contribution in [1.82, 2.24) is 14.7 Å². The quantitative estimate of drug-likeness (QED) is 0.306. The maximum absolute atomic E-state index is 13.6. The van der Waals surface area contributed by atoms with Crippen molar-refractivity contribution >= 4 is 22.6 Å². The molecule has 10 nitrogen and oxygen atoms in total. The van der Waals surface area contributed by atoms with Gasteiger partial charge < -0.3 is 18.8 Å². The molecule has 4 aromatic rings. The number of aromatic nitrogens is 2. The van der Waals surface area contributed by atoms with Gasteiger partial charge in [-0.3, -0.25) is 14.5 Å². The van der Waals surface area contributed by atoms with Crippen LogP contribution in [0.1, 0.15) is 37.5 Å². The number of hydrogen-bond donors (Lipinski definition) is 0. The monoisotopic (exact) mass is 575 g/mol. The Kier molecular flexibility index (Phi) is 7.12. The van der Waals surface area contributed by atoms with E-state index in [0.29, 0.717) is 34.8 Å². The van der Waals surface area contributed by atoms with Crippen molar-refractivity contribution in [3.63, 3.8) is 0 Å². The number of fused-ring (bicyclic) bond motifs is 2. The summed E-state index contributed by atoms with van der Waals surface area (Å²) in [7, 11) is 0. The van der Waals surface area contributed by atoms with Gasteiger partial charge in [0.05, 0.1) is 23.6 Å². The number of alkyl halides is 2. The molecule has 0 unspecified atom stereocenters. The van der Waals surface area contributed by atoms with Crippen molar-refractivity contribution in [2.45, 2.75) is 45.6 Å². The largest absolute Gasteiger partial charge is 0.586 e. The minimum Gasteiger partial charge on any atom is -0.457 e. The number of carbonyl (C=O) groups is 1. The van der Waals surface area contributed by atoms with Gasteiger partial charge >= 0.3 is 6.29 Å². The van der Waals surface area contributed by atoms with E-state index < -0.39 is 24.3 Å². The highest BCUT2D eigenvalue weighted by Gasteiger charge is 2.43. The van der Waals surface area contributed by atoms with Crippen LogP contribution in [0.4, 0.5) is 14.5 Å². The standard InChI is InChI=1S/C30H27F2N5O5/c1-2-36(21-9-10-24-25(14-21)42-30(31,32)41-24)26(38)18-37-29(39)23-15-22(17-35-11-4-3-5-12-35)40-28(23)27(34-37)20-8-6-7-19(13-20)16-33/h6-10,13-15H,2-5,11-12,17-18H2,1H3. The van der Waals surface area contributed by atoms with Crippen LogP contribution in [0, 0.1) is 11.3 Å². The minimum absolute atomic E-state index is 0.139. The second-order valence-electron chi connectivity index (χ2n) is 10.2. The van der Waals surface area contributed by atoms with Gasteiger partial charge in [0.1, 0.15) is 18.0 Å². The molecular formula is C30H27F2N5O5. The van der Waals surface area contributed by atoms with Crippen LogP contribution in [0.25, 0.3) is 22.2 Å². The number of carbonyl (C=O) groups excluding carboxylic acids is 1. The minimum atomic E-state index is -3.79. The zero-order chi connectivity index (χ0) is 29.4. The Morgan fingerprint density at radius 3 is 2.64 bits per heavy atom. The highest BCUT2D eigenvalue weighted by molar-refractivity contribution is 5.94. The van der Waals surface area contributed by atoms with E-state index in [1.807, 2.05) is 0 Å². The Balaban J connectivity index is 1.37. The molecule has 6 rings (SSSR count). The van der Waals surface area contributed by atoms with Gasteiger partial charge in [0.2, 0.25) is 5.91 Å². The van der Waals surface area contributed by atoms with Crippen molar-refractivity contribution in [2.75, 3.05) is 24.5 Å². The summed E-state index contributed by atoms with van der Waals surface area (Å²) in [5.41, 5.74) is 1.37. The number of amides is 1. The topological polar surface area (TPSA) is 114 Å². The molecule has 2 aliphatic rings. The molecule has 1 fully saturated rings. The van der Waals surface area contributed by atoms with E-state index in [0.717, 1.165) is 30.6 Å². The molecule has 42 heavy (non-hydrogen) atoms. The van der Waals surface area contributed by atoms with E-state index in [2.05, 4.69) is 25.5 Å². The van der Waals surface area contributed by atoms with Crippen LogP contribution in [-0.2, 0) is 17.9 Å². The normalized spacial score (nSPS) is 16.0. The molecule has 1 amide bonds.